The molecule has 0 aliphatic rings. The molecule has 0 bridgehead atoms. The summed E-state index contributed by atoms with van der Waals surface area (Å²) in [6.45, 7) is 7.71. The first-order chi connectivity index (χ1) is 4.85. The van der Waals surface area contributed by atoms with Gasteiger partial charge in [0, 0.05) is 0 Å². The van der Waals surface area contributed by atoms with Crippen LogP contribution in [0.2, 0.25) is 0 Å². The van der Waals surface area contributed by atoms with Crippen molar-refractivity contribution in [1.82, 2.24) is 0 Å². The average molecular weight is 190 g/mol. The van der Waals surface area contributed by atoms with Gasteiger partial charge in [-0.1, -0.05) is 0 Å². The second-order valence-electron chi connectivity index (χ2n) is 1.48. The van der Waals surface area contributed by atoms with E-state index in [0.29, 0.717) is 19.8 Å². The molecule has 0 aromatic carbocycles. The Kier molecular flexibility index (Phi) is 15.2. The van der Waals surface area contributed by atoms with Gasteiger partial charge in [0.2, 0.25) is 0 Å². The number of hydrogen-bond acceptors (Lipinski definition) is 3. The summed E-state index contributed by atoms with van der Waals surface area (Å²) < 4.78 is 15.4. The first-order valence-corrected chi connectivity index (χ1v) is 4.63. The molecule has 0 saturated heterocycles. The molecule has 0 unspecified atom stereocenters. The number of hydrogen-bond donors (Lipinski definition) is 0. The van der Waals surface area contributed by atoms with Crippen LogP contribution in [0.3, 0.4) is 0 Å². The molecule has 0 saturated carbocycles. The summed E-state index contributed by atoms with van der Waals surface area (Å²) in [6.07, 6.45) is 0. The van der Waals surface area contributed by atoms with Gasteiger partial charge in [-0.05, 0) is 20.8 Å². The van der Waals surface area contributed by atoms with Crippen LogP contribution >= 0.6 is 8.60 Å². The first kappa shape index (κ1) is 14.8. The van der Waals surface area contributed by atoms with E-state index in [2.05, 4.69) is 0 Å². The monoisotopic (exact) mass is 190 g/mol. The standard InChI is InChI=1S/C6H15O3P.Na.H/c1-4-7-10(8-5-2)9-6-3;;/h4-6H2,1-3H3;;. The van der Waals surface area contributed by atoms with Crippen molar-refractivity contribution in [3.8, 4) is 0 Å². The molecule has 5 heteroatoms. The van der Waals surface area contributed by atoms with Crippen molar-refractivity contribution in [2.24, 2.45) is 0 Å². The second-order valence-corrected chi connectivity index (χ2v) is 2.70. The summed E-state index contributed by atoms with van der Waals surface area (Å²) in [5.41, 5.74) is 0. The predicted molar refractivity (Wildman–Crippen MR) is 48.9 cm³/mol. The van der Waals surface area contributed by atoms with Crippen molar-refractivity contribution < 1.29 is 13.6 Å². The van der Waals surface area contributed by atoms with Crippen molar-refractivity contribution in [3.63, 3.8) is 0 Å². The average Bonchev–Trinajstić information content (AvgIpc) is 1.90. The van der Waals surface area contributed by atoms with E-state index in [1.165, 1.54) is 0 Å². The van der Waals surface area contributed by atoms with Gasteiger partial charge in [-0.3, -0.25) is 0 Å². The van der Waals surface area contributed by atoms with Gasteiger partial charge in [-0.25, -0.2) is 0 Å². The molecule has 0 rings (SSSR count). The van der Waals surface area contributed by atoms with E-state index in [-0.39, 0.29) is 29.6 Å². The Bertz CT molecular complexity index is 60.6. The van der Waals surface area contributed by atoms with Gasteiger partial charge in [-0.15, -0.1) is 0 Å². The van der Waals surface area contributed by atoms with Crippen LogP contribution in [0.15, 0.2) is 0 Å². The Balaban J connectivity index is 0. The molecule has 11 heavy (non-hydrogen) atoms. The van der Waals surface area contributed by atoms with Crippen LogP contribution in [0.1, 0.15) is 20.8 Å². The number of rotatable bonds is 6. The Morgan fingerprint density at radius 2 is 1.09 bits per heavy atom. The van der Waals surface area contributed by atoms with Crippen LogP contribution in [0.25, 0.3) is 0 Å². The van der Waals surface area contributed by atoms with Gasteiger partial charge in [0.15, 0.2) is 0 Å². The van der Waals surface area contributed by atoms with Crippen molar-refractivity contribution >= 4 is 38.2 Å². The van der Waals surface area contributed by atoms with Crippen LogP contribution in [0, 0.1) is 0 Å². The Hall–Kier alpha value is 1.31. The Morgan fingerprint density at radius 1 is 0.818 bits per heavy atom. The van der Waals surface area contributed by atoms with Gasteiger partial charge in [0.1, 0.15) is 0 Å². The van der Waals surface area contributed by atoms with Gasteiger partial charge in [0.25, 0.3) is 0 Å². The van der Waals surface area contributed by atoms with E-state index in [9.17, 15) is 0 Å². The molecule has 3 nitrogen and oxygen atoms in total. The van der Waals surface area contributed by atoms with E-state index in [1.807, 2.05) is 20.8 Å². The van der Waals surface area contributed by atoms with E-state index < -0.39 is 8.60 Å². The third-order valence-electron chi connectivity index (χ3n) is 0.704. The molecule has 0 N–H and O–H groups in total. The molecule has 0 aromatic rings. The molecule has 0 atom stereocenters. The quantitative estimate of drug-likeness (QED) is 0.471. The van der Waals surface area contributed by atoms with Crippen LogP contribution in [-0.4, -0.2) is 49.4 Å². The molecule has 0 aliphatic carbocycles. The van der Waals surface area contributed by atoms with Crippen LogP contribution in [0.5, 0.6) is 0 Å². The summed E-state index contributed by atoms with van der Waals surface area (Å²) in [5.74, 6) is 0. The summed E-state index contributed by atoms with van der Waals surface area (Å²) >= 11 is 0. The zero-order chi connectivity index (χ0) is 7.82. The predicted octanol–water partition coefficient (Wildman–Crippen LogP) is 1.67. The molecule has 0 aromatic heterocycles. The van der Waals surface area contributed by atoms with Gasteiger partial charge in [0.05, 0.1) is 19.8 Å². The van der Waals surface area contributed by atoms with Crippen LogP contribution in [-0.2, 0) is 13.6 Å². The fourth-order valence-electron chi connectivity index (χ4n) is 0.428. The fourth-order valence-corrected chi connectivity index (χ4v) is 1.28. The Labute approximate surface area is 92.1 Å². The van der Waals surface area contributed by atoms with Crippen molar-refractivity contribution in [2.75, 3.05) is 19.8 Å². The summed E-state index contributed by atoms with van der Waals surface area (Å²) in [6, 6.07) is 0. The third-order valence-corrected chi connectivity index (χ3v) is 2.11. The SMILES string of the molecule is CCOP(OCC)OCC.[NaH]. The van der Waals surface area contributed by atoms with Gasteiger partial charge < -0.3 is 13.6 Å². The summed E-state index contributed by atoms with van der Waals surface area (Å²) in [4.78, 5) is 0. The van der Waals surface area contributed by atoms with Gasteiger partial charge >= 0.3 is 38.2 Å². The maximum absolute atomic E-state index is 5.14. The van der Waals surface area contributed by atoms with E-state index >= 15 is 0 Å². The normalized spacial score (nSPS) is 9.82. The van der Waals surface area contributed by atoms with Crippen molar-refractivity contribution in [3.05, 3.63) is 0 Å². The minimum atomic E-state index is -1.06. The second kappa shape index (κ2) is 11.3. The first-order valence-electron chi connectivity index (χ1n) is 3.54. The molecule has 0 radical (unpaired) electrons. The molecule has 64 valence electrons. The van der Waals surface area contributed by atoms with Crippen LogP contribution in [0.4, 0.5) is 0 Å². The van der Waals surface area contributed by atoms with E-state index in [4.69, 9.17) is 13.6 Å². The van der Waals surface area contributed by atoms with Crippen LogP contribution < -0.4 is 0 Å². The van der Waals surface area contributed by atoms with Crippen molar-refractivity contribution in [1.29, 1.82) is 0 Å². The summed E-state index contributed by atoms with van der Waals surface area (Å²) in [5, 5.41) is 0. The van der Waals surface area contributed by atoms with Gasteiger partial charge in [-0.2, -0.15) is 0 Å². The fraction of sp³-hybridized carbons (Fsp3) is 1.00. The molecular weight excluding hydrogens is 174 g/mol. The zero-order valence-corrected chi connectivity index (χ0v) is 7.69. The molecule has 0 fully saturated rings. The maximum atomic E-state index is 5.14. The van der Waals surface area contributed by atoms with E-state index in [0.717, 1.165) is 0 Å². The van der Waals surface area contributed by atoms with Crippen molar-refractivity contribution in [2.45, 2.75) is 20.8 Å². The molecule has 0 spiro atoms. The molecular formula is C6H16NaO3P. The zero-order valence-electron chi connectivity index (χ0n) is 6.79. The molecule has 0 amide bonds. The molecule has 0 aliphatic heterocycles. The third kappa shape index (κ3) is 9.22. The van der Waals surface area contributed by atoms with E-state index in [1.54, 1.807) is 0 Å². The summed E-state index contributed by atoms with van der Waals surface area (Å²) in [7, 11) is -1.06. The Morgan fingerprint density at radius 3 is 1.27 bits per heavy atom. The minimum absolute atomic E-state index is 0. The topological polar surface area (TPSA) is 27.7 Å². The molecule has 0 heterocycles.